The quantitative estimate of drug-likeness (QED) is 0.598. The smallest absolute Gasteiger partial charge is 0.331 e. The van der Waals surface area contributed by atoms with Crippen molar-refractivity contribution in [2.75, 3.05) is 6.61 Å². The summed E-state index contributed by atoms with van der Waals surface area (Å²) in [6, 6.07) is 7.46. The fourth-order valence-corrected chi connectivity index (χ4v) is 2.26. The number of benzene rings is 1. The first kappa shape index (κ1) is 17.9. The molecule has 0 bridgehead atoms. The molecule has 0 fully saturated rings. The van der Waals surface area contributed by atoms with Crippen molar-refractivity contribution >= 4 is 33.9 Å². The highest BCUT2D eigenvalue weighted by Crippen LogP contribution is 2.16. The number of rotatable bonds is 6. The summed E-state index contributed by atoms with van der Waals surface area (Å²) in [5.74, 6) is -1.07. The predicted molar refractivity (Wildman–Crippen MR) is 89.4 cm³/mol. The van der Waals surface area contributed by atoms with Gasteiger partial charge in [-0.05, 0) is 43.3 Å². The Morgan fingerprint density at radius 3 is 2.92 bits per heavy atom. The highest BCUT2D eigenvalue weighted by atomic mass is 79.9. The molecule has 2 aromatic rings. The average Bonchev–Trinajstić information content (AvgIpc) is 3.08. The minimum atomic E-state index is -0.741. The molecule has 0 aliphatic carbocycles. The molecule has 0 aliphatic heterocycles. The van der Waals surface area contributed by atoms with Crippen LogP contribution in [0.3, 0.4) is 0 Å². The number of ether oxygens (including phenoxy) is 1. The summed E-state index contributed by atoms with van der Waals surface area (Å²) in [4.78, 5) is 23.3. The number of furan rings is 1. The Morgan fingerprint density at radius 1 is 1.42 bits per heavy atom. The van der Waals surface area contributed by atoms with Crippen LogP contribution < -0.4 is 5.32 Å². The van der Waals surface area contributed by atoms with Gasteiger partial charge in [-0.1, -0.05) is 15.9 Å². The van der Waals surface area contributed by atoms with Crippen LogP contribution in [0, 0.1) is 5.82 Å². The summed E-state index contributed by atoms with van der Waals surface area (Å²) in [6.07, 6.45) is 3.85. The van der Waals surface area contributed by atoms with Gasteiger partial charge in [0.2, 0.25) is 0 Å². The molecule has 0 saturated heterocycles. The van der Waals surface area contributed by atoms with Crippen LogP contribution in [0.4, 0.5) is 4.39 Å². The number of hydrogen-bond donors (Lipinski definition) is 1. The molecule has 0 unspecified atom stereocenters. The maximum absolute atomic E-state index is 13.5. The van der Waals surface area contributed by atoms with Crippen molar-refractivity contribution in [1.82, 2.24) is 5.32 Å². The minimum Gasteiger partial charge on any atom is -0.467 e. The lowest BCUT2D eigenvalue weighted by Crippen LogP contribution is -2.30. The maximum Gasteiger partial charge on any atom is 0.331 e. The third kappa shape index (κ3) is 5.34. The minimum absolute atomic E-state index is 0.234. The van der Waals surface area contributed by atoms with Gasteiger partial charge in [0.15, 0.2) is 6.61 Å². The molecule has 0 saturated carbocycles. The zero-order valence-electron chi connectivity index (χ0n) is 12.8. The molecule has 0 aliphatic rings. The number of esters is 1. The Balaban J connectivity index is 1.81. The zero-order valence-corrected chi connectivity index (χ0v) is 14.4. The van der Waals surface area contributed by atoms with Crippen LogP contribution in [0.2, 0.25) is 0 Å². The van der Waals surface area contributed by atoms with E-state index in [-0.39, 0.29) is 11.6 Å². The highest BCUT2D eigenvalue weighted by Gasteiger charge is 2.12. The molecule has 1 aromatic carbocycles. The lowest BCUT2D eigenvalue weighted by molar-refractivity contribution is -0.144. The third-order valence-electron chi connectivity index (χ3n) is 3.05. The summed E-state index contributed by atoms with van der Waals surface area (Å²) < 4.78 is 24.2. The second kappa shape index (κ2) is 8.44. The van der Waals surface area contributed by atoms with Crippen LogP contribution in [-0.4, -0.2) is 18.5 Å². The zero-order chi connectivity index (χ0) is 17.5. The lowest BCUT2D eigenvalue weighted by Gasteiger charge is -2.11. The van der Waals surface area contributed by atoms with Gasteiger partial charge in [0.05, 0.1) is 12.3 Å². The van der Waals surface area contributed by atoms with Crippen molar-refractivity contribution in [3.63, 3.8) is 0 Å². The summed E-state index contributed by atoms with van der Waals surface area (Å²) in [5.41, 5.74) is 0.234. The van der Waals surface area contributed by atoms with Gasteiger partial charge in [-0.2, -0.15) is 0 Å². The molecule has 7 heteroatoms. The van der Waals surface area contributed by atoms with Crippen LogP contribution in [-0.2, 0) is 14.3 Å². The number of nitrogens with one attached hydrogen (secondary N) is 1. The van der Waals surface area contributed by atoms with E-state index in [1.54, 1.807) is 25.1 Å². The number of amides is 1. The van der Waals surface area contributed by atoms with E-state index in [2.05, 4.69) is 21.2 Å². The van der Waals surface area contributed by atoms with Crippen molar-refractivity contribution in [3.05, 3.63) is 64.3 Å². The second-order valence-electron chi connectivity index (χ2n) is 4.91. The molecule has 24 heavy (non-hydrogen) atoms. The number of hydrogen-bond acceptors (Lipinski definition) is 4. The molecule has 1 N–H and O–H groups in total. The van der Waals surface area contributed by atoms with Crippen LogP contribution in [0.15, 0.2) is 51.6 Å². The molecule has 1 aromatic heterocycles. The topological polar surface area (TPSA) is 68.5 Å². The monoisotopic (exact) mass is 395 g/mol. The Hall–Kier alpha value is -2.41. The van der Waals surface area contributed by atoms with Crippen LogP contribution in [0.5, 0.6) is 0 Å². The van der Waals surface area contributed by atoms with Crippen molar-refractivity contribution in [2.45, 2.75) is 13.0 Å². The molecule has 126 valence electrons. The fraction of sp³-hybridized carbons (Fsp3) is 0.176. The Labute approximate surface area is 146 Å². The van der Waals surface area contributed by atoms with E-state index in [0.29, 0.717) is 10.2 Å². The molecule has 0 radical (unpaired) electrons. The highest BCUT2D eigenvalue weighted by molar-refractivity contribution is 9.10. The van der Waals surface area contributed by atoms with Gasteiger partial charge in [-0.15, -0.1) is 0 Å². The van der Waals surface area contributed by atoms with Crippen LogP contribution in [0.1, 0.15) is 24.3 Å². The van der Waals surface area contributed by atoms with Crippen molar-refractivity contribution in [3.8, 4) is 0 Å². The Kier molecular flexibility index (Phi) is 6.31. The van der Waals surface area contributed by atoms with Crippen molar-refractivity contribution in [1.29, 1.82) is 0 Å². The predicted octanol–water partition coefficient (Wildman–Crippen LogP) is 3.62. The Bertz CT molecular complexity index is 743. The maximum atomic E-state index is 13.5. The van der Waals surface area contributed by atoms with E-state index in [9.17, 15) is 14.0 Å². The van der Waals surface area contributed by atoms with Gasteiger partial charge in [0.25, 0.3) is 5.91 Å². The van der Waals surface area contributed by atoms with Gasteiger partial charge in [-0.25, -0.2) is 9.18 Å². The summed E-state index contributed by atoms with van der Waals surface area (Å²) >= 11 is 3.21. The van der Waals surface area contributed by atoms with E-state index in [1.807, 2.05) is 0 Å². The van der Waals surface area contributed by atoms with E-state index in [1.165, 1.54) is 24.5 Å². The van der Waals surface area contributed by atoms with E-state index >= 15 is 0 Å². The van der Waals surface area contributed by atoms with E-state index in [4.69, 9.17) is 9.15 Å². The Morgan fingerprint density at radius 2 is 2.21 bits per heavy atom. The molecule has 0 spiro atoms. The normalized spacial score (nSPS) is 12.1. The fourth-order valence-electron chi connectivity index (χ4n) is 1.88. The van der Waals surface area contributed by atoms with Gasteiger partial charge in [0, 0.05) is 16.1 Å². The lowest BCUT2D eigenvalue weighted by atomic mass is 10.2. The summed E-state index contributed by atoms with van der Waals surface area (Å²) in [5, 5.41) is 2.63. The van der Waals surface area contributed by atoms with E-state index in [0.717, 1.165) is 6.08 Å². The third-order valence-corrected chi connectivity index (χ3v) is 3.54. The van der Waals surface area contributed by atoms with Gasteiger partial charge < -0.3 is 14.5 Å². The molecular weight excluding hydrogens is 381 g/mol. The largest absolute Gasteiger partial charge is 0.467 e. The van der Waals surface area contributed by atoms with E-state index < -0.39 is 24.3 Å². The number of halogens is 2. The van der Waals surface area contributed by atoms with Gasteiger partial charge in [-0.3, -0.25) is 4.79 Å². The summed E-state index contributed by atoms with van der Waals surface area (Å²) in [6.45, 7) is 1.31. The molecular formula is C17H15BrFNO4. The van der Waals surface area contributed by atoms with Gasteiger partial charge in [0.1, 0.15) is 11.6 Å². The van der Waals surface area contributed by atoms with Crippen molar-refractivity contribution < 1.29 is 23.1 Å². The molecule has 1 heterocycles. The first-order chi connectivity index (χ1) is 11.5. The summed E-state index contributed by atoms with van der Waals surface area (Å²) in [7, 11) is 0. The number of carbonyl (C=O) groups excluding carboxylic acids is 2. The second-order valence-corrected chi connectivity index (χ2v) is 5.83. The molecule has 1 amide bonds. The molecule has 5 nitrogen and oxygen atoms in total. The standard InChI is InChI=1S/C17H15BrFNO4/c1-11(15-3-2-8-23-15)20-16(21)10-24-17(22)7-4-12-9-13(18)5-6-14(12)19/h2-9,11H,10H2,1H3,(H,20,21)/b7-4+/t11-/m1/s1. The number of carbonyl (C=O) groups is 2. The van der Waals surface area contributed by atoms with Crippen LogP contribution in [0.25, 0.3) is 6.08 Å². The van der Waals surface area contributed by atoms with Crippen molar-refractivity contribution in [2.24, 2.45) is 0 Å². The van der Waals surface area contributed by atoms with Gasteiger partial charge >= 0.3 is 5.97 Å². The first-order valence-electron chi connectivity index (χ1n) is 7.08. The average molecular weight is 396 g/mol. The first-order valence-corrected chi connectivity index (χ1v) is 7.87. The van der Waals surface area contributed by atoms with Crippen LogP contribution >= 0.6 is 15.9 Å². The molecule has 2 rings (SSSR count). The SMILES string of the molecule is C[C@@H](NC(=O)COC(=O)/C=C/c1cc(Br)ccc1F)c1ccco1. The molecule has 1 atom stereocenters.